The summed E-state index contributed by atoms with van der Waals surface area (Å²) in [4.78, 5) is 0. The summed E-state index contributed by atoms with van der Waals surface area (Å²) in [5.74, 6) is 0. The molecule has 0 radical (unpaired) electrons. The lowest BCUT2D eigenvalue weighted by molar-refractivity contribution is 0.922. The smallest absolute Gasteiger partial charge is 0.0408 e. The Morgan fingerprint density at radius 3 is 2.07 bits per heavy atom. The van der Waals surface area contributed by atoms with Crippen molar-refractivity contribution >= 4 is 11.6 Å². The Kier molecular flexibility index (Phi) is 14.3. The zero-order valence-electron chi connectivity index (χ0n) is 10.1. The van der Waals surface area contributed by atoms with Gasteiger partial charge in [0.1, 0.15) is 0 Å². The third-order valence-electron chi connectivity index (χ3n) is 1.43. The third kappa shape index (κ3) is 8.12. The number of rotatable bonds is 2. The predicted octanol–water partition coefficient (Wildman–Crippen LogP) is 5.34. The Bertz CT molecular complexity index is 206. The Balaban J connectivity index is 0. The molecule has 0 spiro atoms. The largest absolute Gasteiger partial charge is 0.0843 e. The highest BCUT2D eigenvalue weighted by atomic mass is 35.5. The van der Waals surface area contributed by atoms with E-state index in [1.165, 1.54) is 12.0 Å². The van der Waals surface area contributed by atoms with Crippen molar-refractivity contribution < 1.29 is 0 Å². The van der Waals surface area contributed by atoms with E-state index in [9.17, 15) is 0 Å². The molecule has 82 valence electrons. The van der Waals surface area contributed by atoms with Crippen LogP contribution in [0.2, 0.25) is 5.02 Å². The lowest BCUT2D eigenvalue weighted by atomic mass is 10.1. The Labute approximate surface area is 94.3 Å². The highest BCUT2D eigenvalue weighted by Gasteiger charge is 1.90. The van der Waals surface area contributed by atoms with Gasteiger partial charge in [0.2, 0.25) is 0 Å². The number of halogens is 1. The van der Waals surface area contributed by atoms with Crippen LogP contribution in [0.4, 0.5) is 0 Å². The molecule has 0 saturated carbocycles. The summed E-state index contributed by atoms with van der Waals surface area (Å²) in [6.45, 7) is 10.2. The standard InChI is InChI=1S/C9H11Cl.2C2H6/c1-2-4-8-5-3-6-9(10)7-8;2*1-2/h3,5-7H,2,4H2,1H3;2*1-2H3. The van der Waals surface area contributed by atoms with E-state index < -0.39 is 0 Å². The molecule has 1 aromatic carbocycles. The Hall–Kier alpha value is -0.490. The normalized spacial score (nSPS) is 7.86. The van der Waals surface area contributed by atoms with Crippen LogP contribution in [-0.2, 0) is 6.42 Å². The van der Waals surface area contributed by atoms with Gasteiger partial charge in [0.25, 0.3) is 0 Å². The van der Waals surface area contributed by atoms with Crippen molar-refractivity contribution in [2.45, 2.75) is 47.5 Å². The molecule has 0 nitrogen and oxygen atoms in total. The molecule has 14 heavy (non-hydrogen) atoms. The molecule has 0 aromatic heterocycles. The molecule has 0 heterocycles. The Morgan fingerprint density at radius 2 is 1.64 bits per heavy atom. The van der Waals surface area contributed by atoms with Crippen molar-refractivity contribution in [3.63, 3.8) is 0 Å². The molecule has 0 aliphatic heterocycles. The second-order valence-corrected chi connectivity index (χ2v) is 2.82. The first kappa shape index (κ1) is 16.0. The molecule has 0 saturated heterocycles. The predicted molar refractivity (Wildman–Crippen MR) is 68.1 cm³/mol. The van der Waals surface area contributed by atoms with Gasteiger partial charge < -0.3 is 0 Å². The van der Waals surface area contributed by atoms with Crippen molar-refractivity contribution in [3.8, 4) is 0 Å². The minimum absolute atomic E-state index is 0.839. The zero-order valence-corrected chi connectivity index (χ0v) is 10.9. The van der Waals surface area contributed by atoms with Gasteiger partial charge in [-0.25, -0.2) is 0 Å². The molecule has 1 rings (SSSR count). The molecule has 0 fully saturated rings. The quantitative estimate of drug-likeness (QED) is 0.623. The molecule has 1 heteroatoms. The van der Waals surface area contributed by atoms with Crippen molar-refractivity contribution in [1.29, 1.82) is 0 Å². The minimum Gasteiger partial charge on any atom is -0.0843 e. The molecular weight excluding hydrogens is 192 g/mol. The van der Waals surface area contributed by atoms with E-state index in [4.69, 9.17) is 11.6 Å². The molecule has 0 bridgehead atoms. The van der Waals surface area contributed by atoms with Crippen LogP contribution in [0.5, 0.6) is 0 Å². The monoisotopic (exact) mass is 214 g/mol. The third-order valence-corrected chi connectivity index (χ3v) is 1.66. The van der Waals surface area contributed by atoms with Gasteiger partial charge in [-0.15, -0.1) is 0 Å². The van der Waals surface area contributed by atoms with E-state index in [1.54, 1.807) is 0 Å². The van der Waals surface area contributed by atoms with Crippen molar-refractivity contribution in [3.05, 3.63) is 34.9 Å². The average Bonchev–Trinajstić information content (AvgIpc) is 2.24. The number of hydrogen-bond acceptors (Lipinski definition) is 0. The van der Waals surface area contributed by atoms with E-state index in [2.05, 4.69) is 13.0 Å². The van der Waals surface area contributed by atoms with Crippen LogP contribution < -0.4 is 0 Å². The number of benzene rings is 1. The molecule has 0 N–H and O–H groups in total. The van der Waals surface area contributed by atoms with E-state index >= 15 is 0 Å². The summed E-state index contributed by atoms with van der Waals surface area (Å²) in [5.41, 5.74) is 1.33. The van der Waals surface area contributed by atoms with Crippen LogP contribution >= 0.6 is 11.6 Å². The van der Waals surface area contributed by atoms with Crippen LogP contribution in [0.25, 0.3) is 0 Å². The second kappa shape index (κ2) is 12.5. The van der Waals surface area contributed by atoms with Gasteiger partial charge in [-0.1, -0.05) is 64.8 Å². The highest BCUT2D eigenvalue weighted by Crippen LogP contribution is 2.11. The van der Waals surface area contributed by atoms with Crippen molar-refractivity contribution in [2.75, 3.05) is 0 Å². The Morgan fingerprint density at radius 1 is 1.07 bits per heavy atom. The minimum atomic E-state index is 0.839. The molecule has 0 aliphatic carbocycles. The number of hydrogen-bond donors (Lipinski definition) is 0. The fourth-order valence-electron chi connectivity index (χ4n) is 0.981. The first-order valence-corrected chi connectivity index (χ1v) is 5.95. The summed E-state index contributed by atoms with van der Waals surface area (Å²) >= 11 is 5.78. The van der Waals surface area contributed by atoms with E-state index in [1.807, 2.05) is 45.9 Å². The zero-order chi connectivity index (χ0) is 11.4. The van der Waals surface area contributed by atoms with E-state index in [0.717, 1.165) is 11.4 Å². The molecule has 0 unspecified atom stereocenters. The lowest BCUT2D eigenvalue weighted by Gasteiger charge is -1.96. The second-order valence-electron chi connectivity index (χ2n) is 2.38. The van der Waals surface area contributed by atoms with Crippen LogP contribution in [0.15, 0.2) is 24.3 Å². The molecule has 0 amide bonds. The van der Waals surface area contributed by atoms with Gasteiger partial charge in [-0.3, -0.25) is 0 Å². The first-order chi connectivity index (χ1) is 6.83. The summed E-state index contributed by atoms with van der Waals surface area (Å²) in [6.07, 6.45) is 2.31. The summed E-state index contributed by atoms with van der Waals surface area (Å²) < 4.78 is 0. The van der Waals surface area contributed by atoms with Crippen LogP contribution in [0.3, 0.4) is 0 Å². The average molecular weight is 215 g/mol. The fraction of sp³-hybridized carbons (Fsp3) is 0.538. The van der Waals surface area contributed by atoms with Gasteiger partial charge in [-0.05, 0) is 24.1 Å². The topological polar surface area (TPSA) is 0 Å². The van der Waals surface area contributed by atoms with Crippen molar-refractivity contribution in [2.24, 2.45) is 0 Å². The van der Waals surface area contributed by atoms with Crippen molar-refractivity contribution in [1.82, 2.24) is 0 Å². The van der Waals surface area contributed by atoms with Gasteiger partial charge in [0.05, 0.1) is 0 Å². The summed E-state index contributed by atoms with van der Waals surface area (Å²) in [6, 6.07) is 8.02. The van der Waals surface area contributed by atoms with Crippen LogP contribution in [0, 0.1) is 0 Å². The van der Waals surface area contributed by atoms with Gasteiger partial charge in [-0.2, -0.15) is 0 Å². The fourth-order valence-corrected chi connectivity index (χ4v) is 1.19. The maximum Gasteiger partial charge on any atom is 0.0408 e. The maximum absolute atomic E-state index is 5.78. The van der Waals surface area contributed by atoms with Gasteiger partial charge in [0, 0.05) is 5.02 Å². The van der Waals surface area contributed by atoms with E-state index in [-0.39, 0.29) is 0 Å². The van der Waals surface area contributed by atoms with Crippen LogP contribution in [0.1, 0.15) is 46.6 Å². The van der Waals surface area contributed by atoms with Gasteiger partial charge >= 0.3 is 0 Å². The van der Waals surface area contributed by atoms with Crippen LogP contribution in [-0.4, -0.2) is 0 Å². The lowest BCUT2D eigenvalue weighted by Crippen LogP contribution is -1.80. The van der Waals surface area contributed by atoms with E-state index in [0.29, 0.717) is 0 Å². The maximum atomic E-state index is 5.78. The molecular formula is C13H23Cl. The molecule has 0 aliphatic rings. The van der Waals surface area contributed by atoms with Gasteiger partial charge in [0.15, 0.2) is 0 Å². The first-order valence-electron chi connectivity index (χ1n) is 5.57. The highest BCUT2D eigenvalue weighted by molar-refractivity contribution is 6.30. The molecule has 0 atom stereocenters. The SMILES string of the molecule is CC.CC.CCCc1cccc(Cl)c1. The number of aryl methyl sites for hydroxylation is 1. The molecule has 1 aromatic rings. The summed E-state index contributed by atoms with van der Waals surface area (Å²) in [7, 11) is 0. The summed E-state index contributed by atoms with van der Waals surface area (Å²) in [5, 5.41) is 0.839.